The van der Waals surface area contributed by atoms with Gasteiger partial charge in [0.15, 0.2) is 6.10 Å². The van der Waals surface area contributed by atoms with Crippen molar-refractivity contribution in [1.82, 2.24) is 0 Å². The summed E-state index contributed by atoms with van der Waals surface area (Å²) >= 11 is 0. The van der Waals surface area contributed by atoms with Crippen LogP contribution in [-0.2, 0) is 58.4 Å². The fourth-order valence-electron chi connectivity index (χ4n) is 6.46. The average Bonchev–Trinajstić information content (AvgIpc) is 3.63. The monoisotopic (exact) mass is 781 g/mol. The van der Waals surface area contributed by atoms with E-state index in [2.05, 4.69) is 40.7 Å². The molecule has 12 heteroatoms. The molecule has 11 nitrogen and oxygen atoms in total. The highest BCUT2D eigenvalue weighted by Gasteiger charge is 2.26. The summed E-state index contributed by atoms with van der Waals surface area (Å²) in [5, 5.41) is 0. The quantitative estimate of drug-likeness (QED) is 0.0403. The van der Waals surface area contributed by atoms with Gasteiger partial charge in [0.1, 0.15) is 29.6 Å². The van der Waals surface area contributed by atoms with E-state index >= 15 is 0 Å². The number of furan rings is 2. The van der Waals surface area contributed by atoms with Crippen LogP contribution in [0, 0.1) is 20.8 Å². The number of nitrogens with two attached hydrogens (primary N) is 1. The number of carbonyl (C=O) groups excluding carboxylic acids is 2. The van der Waals surface area contributed by atoms with E-state index < -0.39 is 32.5 Å². The lowest BCUT2D eigenvalue weighted by atomic mass is 10.0. The Morgan fingerprint density at radius 3 is 1.85 bits per heavy atom. The number of carbonyl (C=O) groups is 2. The molecule has 0 fully saturated rings. The molecule has 1 unspecified atom stereocenters. The molecule has 0 spiro atoms. The van der Waals surface area contributed by atoms with Gasteiger partial charge in [-0.25, -0.2) is 4.57 Å². The zero-order valence-corrected chi connectivity index (χ0v) is 35.1. The van der Waals surface area contributed by atoms with Gasteiger partial charge in [-0.05, 0) is 82.1 Å². The average molecular weight is 782 g/mol. The van der Waals surface area contributed by atoms with E-state index in [1.54, 1.807) is 0 Å². The Kier molecular flexibility index (Phi) is 24.8. The van der Waals surface area contributed by atoms with Crippen LogP contribution in [0.3, 0.4) is 0 Å². The molecule has 310 valence electrons. The van der Waals surface area contributed by atoms with Crippen LogP contribution in [-0.4, -0.2) is 49.3 Å². The summed E-state index contributed by atoms with van der Waals surface area (Å²) < 4.78 is 45.0. The molecule has 0 aliphatic carbocycles. The Bertz CT molecular complexity index is 1370. The summed E-state index contributed by atoms with van der Waals surface area (Å²) in [6.45, 7) is 9.93. The number of phosphoric ester groups is 1. The molecule has 2 aromatic heterocycles. The van der Waals surface area contributed by atoms with Crippen LogP contribution in [0.2, 0.25) is 0 Å². The number of esters is 2. The van der Waals surface area contributed by atoms with Crippen LogP contribution in [0.15, 0.2) is 14.9 Å². The summed E-state index contributed by atoms with van der Waals surface area (Å²) in [5.74, 6) is 3.55. The molecule has 0 radical (unpaired) electrons. The van der Waals surface area contributed by atoms with Crippen molar-refractivity contribution in [2.24, 2.45) is 5.73 Å². The molecular weight excluding hydrogens is 709 g/mol. The van der Waals surface area contributed by atoms with Crippen LogP contribution in [0.4, 0.5) is 0 Å². The van der Waals surface area contributed by atoms with E-state index in [0.29, 0.717) is 12.8 Å². The lowest BCUT2D eigenvalue weighted by Crippen LogP contribution is -2.29. The molecule has 2 atom stereocenters. The molecule has 54 heavy (non-hydrogen) atoms. The number of hydrogen-bond acceptors (Lipinski definition) is 10. The van der Waals surface area contributed by atoms with Gasteiger partial charge in [0.05, 0.1) is 13.2 Å². The molecule has 0 saturated heterocycles. The fraction of sp³-hybridized carbons (Fsp3) is 0.762. The number of hydrogen-bond donors (Lipinski definition) is 2. The van der Waals surface area contributed by atoms with Crippen molar-refractivity contribution in [1.29, 1.82) is 0 Å². The van der Waals surface area contributed by atoms with Crippen molar-refractivity contribution < 1.29 is 46.4 Å². The van der Waals surface area contributed by atoms with Crippen molar-refractivity contribution in [3.8, 4) is 0 Å². The third-order valence-corrected chi connectivity index (χ3v) is 10.8. The molecule has 2 aromatic rings. The van der Waals surface area contributed by atoms with Crippen LogP contribution < -0.4 is 5.73 Å². The molecule has 0 aliphatic heterocycles. The Labute approximate surface area is 325 Å². The highest BCUT2D eigenvalue weighted by Crippen LogP contribution is 2.43. The van der Waals surface area contributed by atoms with Gasteiger partial charge in [-0.2, -0.15) is 0 Å². The SMILES string of the molecule is CCCCCc1cc(C)c(CCCCCCCCC(=O)OC[C@H](COP(=O)(O)OCCN)OC(=O)CCCCCCCCc2oc(CCC)c(C)c2C)o1. The Morgan fingerprint density at radius 1 is 0.685 bits per heavy atom. The van der Waals surface area contributed by atoms with E-state index in [-0.39, 0.29) is 32.6 Å². The summed E-state index contributed by atoms with van der Waals surface area (Å²) in [5.41, 5.74) is 9.16. The number of ether oxygens (including phenoxy) is 2. The predicted molar refractivity (Wildman–Crippen MR) is 213 cm³/mol. The molecule has 0 bridgehead atoms. The van der Waals surface area contributed by atoms with Crippen molar-refractivity contribution in [3.05, 3.63) is 45.8 Å². The molecular formula is C42H72NO10P. The second-order valence-corrected chi connectivity index (χ2v) is 16.1. The summed E-state index contributed by atoms with van der Waals surface area (Å²) in [4.78, 5) is 35.0. The van der Waals surface area contributed by atoms with Gasteiger partial charge in [-0.1, -0.05) is 78.1 Å². The Hall–Kier alpha value is -2.43. The van der Waals surface area contributed by atoms with E-state index in [9.17, 15) is 19.0 Å². The minimum absolute atomic E-state index is 0.0395. The largest absolute Gasteiger partial charge is 0.472 e. The van der Waals surface area contributed by atoms with Gasteiger partial charge in [0.2, 0.25) is 0 Å². The first-order valence-corrected chi connectivity index (χ1v) is 22.3. The number of rotatable bonds is 33. The van der Waals surface area contributed by atoms with Gasteiger partial charge in [0, 0.05) is 45.1 Å². The van der Waals surface area contributed by atoms with Crippen molar-refractivity contribution in [2.75, 3.05) is 26.4 Å². The Balaban J connectivity index is 1.63. The summed E-state index contributed by atoms with van der Waals surface area (Å²) in [7, 11) is -4.40. The highest BCUT2D eigenvalue weighted by atomic mass is 31.2. The van der Waals surface area contributed by atoms with E-state index in [1.807, 2.05) is 0 Å². The second-order valence-electron chi connectivity index (χ2n) is 14.6. The predicted octanol–water partition coefficient (Wildman–Crippen LogP) is 10.3. The lowest BCUT2D eigenvalue weighted by Gasteiger charge is -2.19. The first-order chi connectivity index (χ1) is 26.0. The minimum atomic E-state index is -4.40. The van der Waals surface area contributed by atoms with Crippen molar-refractivity contribution in [3.63, 3.8) is 0 Å². The van der Waals surface area contributed by atoms with Gasteiger partial charge >= 0.3 is 19.8 Å². The van der Waals surface area contributed by atoms with Gasteiger partial charge in [-0.3, -0.25) is 18.6 Å². The molecule has 3 N–H and O–H groups in total. The smallest absolute Gasteiger partial charge is 0.466 e. The van der Waals surface area contributed by atoms with E-state index in [4.69, 9.17) is 33.1 Å². The zero-order valence-electron chi connectivity index (χ0n) is 34.2. The van der Waals surface area contributed by atoms with Gasteiger partial charge in [0.25, 0.3) is 0 Å². The van der Waals surface area contributed by atoms with Crippen LogP contribution in [0.5, 0.6) is 0 Å². The third kappa shape index (κ3) is 20.5. The van der Waals surface area contributed by atoms with Crippen LogP contribution >= 0.6 is 7.82 Å². The van der Waals surface area contributed by atoms with Crippen LogP contribution in [0.25, 0.3) is 0 Å². The highest BCUT2D eigenvalue weighted by molar-refractivity contribution is 7.47. The standard InChI is InChI=1S/C42H72NO10P/c1-6-8-17-23-36-30-33(3)38(51-36)24-18-13-9-11-15-20-26-41(44)48-31-37(32-50-54(46,47)49-29-28-43)52-42(45)27-21-16-12-10-14-19-25-40-35(5)34(4)39(53-40)22-7-2/h30,37H,6-29,31-32,43H2,1-5H3,(H,46,47)/t37-/m1/s1. The number of unbranched alkanes of at least 4 members (excludes halogenated alkanes) is 12. The van der Waals surface area contributed by atoms with Crippen LogP contribution in [0.1, 0.15) is 169 Å². The third-order valence-electron chi connectivity index (χ3n) is 9.81. The maximum Gasteiger partial charge on any atom is 0.472 e. The molecule has 0 amide bonds. The first kappa shape index (κ1) is 47.7. The maximum absolute atomic E-state index is 12.6. The molecule has 0 aliphatic rings. The van der Waals surface area contributed by atoms with Crippen molar-refractivity contribution >= 4 is 19.8 Å². The zero-order chi connectivity index (χ0) is 39.6. The lowest BCUT2D eigenvalue weighted by molar-refractivity contribution is -0.161. The Morgan fingerprint density at radius 2 is 1.24 bits per heavy atom. The second kappa shape index (κ2) is 28.0. The fourth-order valence-corrected chi connectivity index (χ4v) is 7.23. The summed E-state index contributed by atoms with van der Waals surface area (Å²) in [6, 6.07) is 2.18. The molecule has 0 aromatic carbocycles. The molecule has 2 heterocycles. The molecule has 0 saturated carbocycles. The van der Waals surface area contributed by atoms with Gasteiger partial charge in [-0.15, -0.1) is 0 Å². The van der Waals surface area contributed by atoms with E-state index in [0.717, 1.165) is 119 Å². The normalized spacial score (nSPS) is 13.2. The van der Waals surface area contributed by atoms with Gasteiger partial charge < -0.3 is 28.9 Å². The first-order valence-electron chi connectivity index (χ1n) is 20.8. The number of phosphoric acid groups is 1. The molecule has 2 rings (SSSR count). The summed E-state index contributed by atoms with van der Waals surface area (Å²) in [6.07, 6.45) is 19.7. The minimum Gasteiger partial charge on any atom is -0.466 e. The van der Waals surface area contributed by atoms with E-state index in [1.165, 1.54) is 36.0 Å². The number of aryl methyl sites for hydroxylation is 5. The topological polar surface area (TPSA) is 161 Å². The van der Waals surface area contributed by atoms with Crippen molar-refractivity contribution in [2.45, 2.75) is 182 Å². The maximum atomic E-state index is 12.6.